The zero-order chi connectivity index (χ0) is 37.0. The molecule has 8 nitrogen and oxygen atoms in total. The van der Waals surface area contributed by atoms with E-state index in [-0.39, 0.29) is 75.8 Å². The Labute approximate surface area is 342 Å². The molecule has 2 fully saturated rings. The van der Waals surface area contributed by atoms with E-state index in [1.54, 1.807) is 5.57 Å². The van der Waals surface area contributed by atoms with E-state index in [9.17, 15) is 14.7 Å². The first-order valence-corrected chi connectivity index (χ1v) is 20.7. The van der Waals surface area contributed by atoms with Gasteiger partial charge in [-0.15, -0.1) is 0 Å². The summed E-state index contributed by atoms with van der Waals surface area (Å²) >= 11 is 0. The maximum Gasteiger partial charge on any atom is 0.305 e. The molecule has 1 saturated heterocycles. The molecule has 3 rings (SSSR count). The van der Waals surface area contributed by atoms with Crippen LogP contribution in [0.1, 0.15) is 156 Å². The monoisotopic (exact) mass is 806 g/mol. The molecule has 3 aliphatic rings. The summed E-state index contributed by atoms with van der Waals surface area (Å²) in [4.78, 5) is 31.0. The number of unbranched alkanes of at least 4 members (excludes halogenated alkanes) is 8. The van der Waals surface area contributed by atoms with E-state index >= 15 is 0 Å². The molecule has 2 bridgehead atoms. The molecule has 0 aromatic rings. The van der Waals surface area contributed by atoms with Gasteiger partial charge in [-0.1, -0.05) is 88.8 Å². The van der Waals surface area contributed by atoms with Crippen molar-refractivity contribution in [1.82, 2.24) is 4.90 Å². The summed E-state index contributed by atoms with van der Waals surface area (Å²) in [5.41, 5.74) is 1.80. The van der Waals surface area contributed by atoms with Crippen LogP contribution in [0.25, 0.3) is 0 Å². The molecule has 297 valence electrons. The molecular formula is C43H75NO7Y. The number of nitrogens with zero attached hydrogens (tertiary/aromatic N) is 1. The van der Waals surface area contributed by atoms with E-state index in [1.807, 2.05) is 0 Å². The molecule has 9 heteroatoms. The quantitative estimate of drug-likeness (QED) is 0.0293. The Hall–Kier alpha value is -0.896. The van der Waals surface area contributed by atoms with Gasteiger partial charge in [0.25, 0.3) is 0 Å². The largest absolute Gasteiger partial charge is 0.465 e. The van der Waals surface area contributed by atoms with Crippen LogP contribution in [0.3, 0.4) is 0 Å². The first kappa shape index (κ1) is 49.1. The first-order valence-electron chi connectivity index (χ1n) is 20.7. The predicted molar refractivity (Wildman–Crippen MR) is 207 cm³/mol. The van der Waals surface area contributed by atoms with Crippen LogP contribution in [-0.2, 0) is 56.7 Å². The summed E-state index contributed by atoms with van der Waals surface area (Å²) in [5, 5.41) is 17.7. The van der Waals surface area contributed by atoms with E-state index < -0.39 is 0 Å². The van der Waals surface area contributed by atoms with Crippen molar-refractivity contribution in [3.63, 3.8) is 0 Å². The number of carbonyl (C=O) groups is 2. The van der Waals surface area contributed by atoms with Crippen molar-refractivity contribution in [1.29, 1.82) is 0 Å². The van der Waals surface area contributed by atoms with Crippen LogP contribution in [0.15, 0.2) is 36.0 Å². The summed E-state index contributed by atoms with van der Waals surface area (Å²) in [6, 6.07) is 0. The second-order valence-corrected chi connectivity index (χ2v) is 15.8. The summed E-state index contributed by atoms with van der Waals surface area (Å²) in [5.74, 6) is 0.444. The molecule has 0 aromatic heterocycles. The van der Waals surface area contributed by atoms with Crippen molar-refractivity contribution < 1.29 is 67.0 Å². The van der Waals surface area contributed by atoms with Gasteiger partial charge < -0.3 is 19.5 Å². The van der Waals surface area contributed by atoms with E-state index in [4.69, 9.17) is 14.7 Å². The van der Waals surface area contributed by atoms with Crippen molar-refractivity contribution in [2.75, 3.05) is 46.1 Å². The Balaban J connectivity index is 0.00000105. The number of aliphatic hydroxyl groups is 1. The molecule has 1 heterocycles. The number of esters is 2. The fourth-order valence-electron chi connectivity index (χ4n) is 8.13. The van der Waals surface area contributed by atoms with Gasteiger partial charge in [-0.25, -0.2) is 4.89 Å². The third-order valence-corrected chi connectivity index (χ3v) is 10.6. The van der Waals surface area contributed by atoms with E-state index in [2.05, 4.69) is 60.9 Å². The standard InChI is InChI=1S/C36H60O5.C7H15NO2.Y/c1-4-5-6-7-8-9-10-11-12-13-14-15-16-17-18-19-34(38)40-28-33(27-37)29-41-35(39)20-21-36-24-30(2)22-32(26-36)23-31(3)25-36;9-10-7-3-6-8-4-1-2-5-8;/h8-9,11-12,22,30-31,33,37H,4-7,10,13-21,23-29H2,1-3H3;9H,1-7H2;/b9-8-,12-11-;;. The van der Waals surface area contributed by atoms with Gasteiger partial charge in [0.15, 0.2) is 0 Å². The number of carbonyl (C=O) groups excluding carboxylic acids is 2. The number of rotatable bonds is 26. The minimum Gasteiger partial charge on any atom is -0.465 e. The van der Waals surface area contributed by atoms with Crippen molar-refractivity contribution in [2.24, 2.45) is 23.2 Å². The van der Waals surface area contributed by atoms with Gasteiger partial charge in [0.1, 0.15) is 0 Å². The minimum atomic E-state index is -0.371. The summed E-state index contributed by atoms with van der Waals surface area (Å²) in [7, 11) is 0. The molecule has 0 spiro atoms. The fraction of sp³-hybridized carbons (Fsp3) is 0.814. The molecule has 0 amide bonds. The van der Waals surface area contributed by atoms with Crippen LogP contribution in [-0.4, -0.2) is 73.3 Å². The molecule has 1 saturated carbocycles. The maximum atomic E-state index is 12.5. The average Bonchev–Trinajstić information content (AvgIpc) is 3.62. The third kappa shape index (κ3) is 23.8. The molecule has 2 aliphatic carbocycles. The van der Waals surface area contributed by atoms with Gasteiger partial charge in [-0.2, -0.15) is 0 Å². The number of likely N-dealkylation sites (tertiary alicyclic amines) is 1. The molecule has 2 N–H and O–H groups in total. The summed E-state index contributed by atoms with van der Waals surface area (Å²) in [6.45, 7) is 10.9. The zero-order valence-electron chi connectivity index (χ0n) is 33.4. The zero-order valence-corrected chi connectivity index (χ0v) is 36.2. The second kappa shape index (κ2) is 31.3. The van der Waals surface area contributed by atoms with Gasteiger partial charge >= 0.3 is 11.9 Å². The number of hydrogen-bond acceptors (Lipinski definition) is 8. The number of allylic oxidation sites excluding steroid dienone is 6. The van der Waals surface area contributed by atoms with Crippen LogP contribution in [0, 0.1) is 23.2 Å². The predicted octanol–water partition coefficient (Wildman–Crippen LogP) is 10.0. The SMILES string of the molecule is CCCCC/C=C\C/C=C\CCCCCCCC(=O)OCC(CO)COC(=O)CCC12CC(=CC(C)C1)CC(C)C2.OOCCCN1CCCC1.[Y]. The van der Waals surface area contributed by atoms with Crippen molar-refractivity contribution in [3.05, 3.63) is 36.0 Å². The molecule has 1 radical (unpaired) electrons. The second-order valence-electron chi connectivity index (χ2n) is 15.8. The first-order chi connectivity index (χ1) is 24.8. The molecule has 4 unspecified atom stereocenters. The molecule has 1 aliphatic heterocycles. The van der Waals surface area contributed by atoms with Gasteiger partial charge in [-0.3, -0.25) is 14.8 Å². The van der Waals surface area contributed by atoms with Gasteiger partial charge in [0.05, 0.1) is 32.3 Å². The Bertz CT molecular complexity index is 1010. The Morgan fingerprint density at radius 2 is 1.52 bits per heavy atom. The Kier molecular flexibility index (Phi) is 29.6. The van der Waals surface area contributed by atoms with Gasteiger partial charge in [0.2, 0.25) is 0 Å². The van der Waals surface area contributed by atoms with E-state index in [1.165, 1.54) is 77.3 Å². The van der Waals surface area contributed by atoms with Crippen LogP contribution >= 0.6 is 0 Å². The van der Waals surface area contributed by atoms with Crippen LogP contribution in [0.5, 0.6) is 0 Å². The summed E-state index contributed by atoms with van der Waals surface area (Å²) < 4.78 is 10.9. The average molecular weight is 807 g/mol. The Morgan fingerprint density at radius 1 is 0.885 bits per heavy atom. The van der Waals surface area contributed by atoms with Crippen LogP contribution in [0.2, 0.25) is 0 Å². The topological polar surface area (TPSA) is 106 Å². The number of ether oxygens (including phenoxy) is 2. The van der Waals surface area contributed by atoms with Crippen LogP contribution in [0.4, 0.5) is 0 Å². The minimum absolute atomic E-state index is 0. The smallest absolute Gasteiger partial charge is 0.305 e. The van der Waals surface area contributed by atoms with Crippen LogP contribution < -0.4 is 0 Å². The van der Waals surface area contributed by atoms with Crippen molar-refractivity contribution in [3.8, 4) is 0 Å². The van der Waals surface area contributed by atoms with Crippen molar-refractivity contribution in [2.45, 2.75) is 156 Å². The van der Waals surface area contributed by atoms with E-state index in [0.717, 1.165) is 64.3 Å². The molecule has 4 atom stereocenters. The van der Waals surface area contributed by atoms with E-state index in [0.29, 0.717) is 31.3 Å². The fourth-order valence-corrected chi connectivity index (χ4v) is 8.13. The number of aliphatic hydroxyl groups excluding tert-OH is 1. The normalized spacial score (nSPS) is 22.1. The maximum absolute atomic E-state index is 12.5. The molecular weight excluding hydrogens is 731 g/mol. The summed E-state index contributed by atoms with van der Waals surface area (Å²) in [6.07, 6.45) is 34.1. The Morgan fingerprint density at radius 3 is 2.17 bits per heavy atom. The van der Waals surface area contributed by atoms with Crippen molar-refractivity contribution >= 4 is 11.9 Å². The number of fused-ring (bicyclic) bond motifs is 2. The third-order valence-electron chi connectivity index (χ3n) is 10.6. The number of hydrogen-bond donors (Lipinski definition) is 2. The molecule has 0 aromatic carbocycles. The van der Waals surface area contributed by atoms with Gasteiger partial charge in [-0.05, 0) is 120 Å². The van der Waals surface area contributed by atoms with Gasteiger partial charge in [0, 0.05) is 52.1 Å². The molecule has 52 heavy (non-hydrogen) atoms.